The number of nitrogens with zero attached hydrogens (tertiary/aromatic N) is 2. The van der Waals surface area contributed by atoms with Crippen LogP contribution in [0.2, 0.25) is 0 Å². The van der Waals surface area contributed by atoms with Gasteiger partial charge in [-0.2, -0.15) is 0 Å². The molecule has 1 aliphatic rings. The molecule has 4 nitrogen and oxygen atoms in total. The van der Waals surface area contributed by atoms with Crippen molar-refractivity contribution in [2.75, 3.05) is 19.8 Å². The minimum Gasteiger partial charge on any atom is -0.341 e. The number of fused-ring (bicyclic) bond motifs is 1. The van der Waals surface area contributed by atoms with Gasteiger partial charge in [-0.3, -0.25) is 9.18 Å². The average Bonchev–Trinajstić information content (AvgIpc) is 2.97. The Labute approximate surface area is 139 Å². The summed E-state index contributed by atoms with van der Waals surface area (Å²) in [7, 11) is 0. The van der Waals surface area contributed by atoms with E-state index in [1.165, 1.54) is 0 Å². The third-order valence-electron chi connectivity index (χ3n) is 4.49. The molecule has 2 N–H and O–H groups in total. The Balaban J connectivity index is 1.57. The van der Waals surface area contributed by atoms with Gasteiger partial charge in [0.2, 0.25) is 5.91 Å². The van der Waals surface area contributed by atoms with Gasteiger partial charge in [0.1, 0.15) is 0 Å². The van der Waals surface area contributed by atoms with Crippen LogP contribution in [-0.4, -0.2) is 41.6 Å². The fourth-order valence-corrected chi connectivity index (χ4v) is 4.14. The molecule has 1 aromatic heterocycles. The van der Waals surface area contributed by atoms with E-state index in [4.69, 9.17) is 5.73 Å². The van der Waals surface area contributed by atoms with Crippen LogP contribution in [0.5, 0.6) is 0 Å². The van der Waals surface area contributed by atoms with Crippen molar-refractivity contribution in [3.05, 3.63) is 29.3 Å². The molecule has 0 radical (unpaired) electrons. The summed E-state index contributed by atoms with van der Waals surface area (Å²) in [6.45, 7) is 1.11. The van der Waals surface area contributed by atoms with E-state index in [-0.39, 0.29) is 12.6 Å². The average molecular weight is 335 g/mol. The van der Waals surface area contributed by atoms with Gasteiger partial charge in [-0.15, -0.1) is 11.3 Å². The lowest BCUT2D eigenvalue weighted by Gasteiger charge is -2.33. The first-order valence-corrected chi connectivity index (χ1v) is 8.94. The Morgan fingerprint density at radius 1 is 1.39 bits per heavy atom. The highest BCUT2D eigenvalue weighted by Gasteiger charge is 2.26. The molecule has 1 aromatic carbocycles. The summed E-state index contributed by atoms with van der Waals surface area (Å²) in [6, 6.07) is 7.39. The number of carbonyl (C=O) groups is 1. The number of hydrogen-bond acceptors (Lipinski definition) is 4. The van der Waals surface area contributed by atoms with E-state index >= 15 is 0 Å². The monoisotopic (exact) mass is 335 g/mol. The van der Waals surface area contributed by atoms with Crippen LogP contribution in [0.1, 0.15) is 24.3 Å². The topological polar surface area (TPSA) is 59.2 Å². The number of halogens is 1. The smallest absolute Gasteiger partial charge is 0.239 e. The lowest BCUT2D eigenvalue weighted by Crippen LogP contribution is -2.48. The van der Waals surface area contributed by atoms with Crippen molar-refractivity contribution >= 4 is 27.5 Å². The van der Waals surface area contributed by atoms with E-state index in [1.54, 1.807) is 11.3 Å². The number of likely N-dealkylation sites (tertiary alicyclic amines) is 1. The van der Waals surface area contributed by atoms with Crippen LogP contribution in [0, 0.1) is 5.92 Å². The Morgan fingerprint density at radius 3 is 2.83 bits per heavy atom. The number of amides is 1. The van der Waals surface area contributed by atoms with Crippen LogP contribution in [0.15, 0.2) is 24.3 Å². The highest BCUT2D eigenvalue weighted by molar-refractivity contribution is 7.18. The van der Waals surface area contributed by atoms with E-state index in [0.29, 0.717) is 31.8 Å². The zero-order valence-corrected chi connectivity index (χ0v) is 13.9. The summed E-state index contributed by atoms with van der Waals surface area (Å²) in [4.78, 5) is 18.9. The number of benzene rings is 1. The summed E-state index contributed by atoms with van der Waals surface area (Å²) in [5, 5.41) is 0.902. The van der Waals surface area contributed by atoms with Gasteiger partial charge in [-0.05, 0) is 37.3 Å². The molecule has 1 amide bonds. The molecule has 1 fully saturated rings. The van der Waals surface area contributed by atoms with E-state index in [9.17, 15) is 9.18 Å². The van der Waals surface area contributed by atoms with Crippen molar-refractivity contribution in [3.8, 4) is 0 Å². The molecule has 0 spiro atoms. The van der Waals surface area contributed by atoms with Gasteiger partial charge in [0.05, 0.1) is 27.9 Å². The second-order valence-corrected chi connectivity index (χ2v) is 7.25. The zero-order valence-electron chi connectivity index (χ0n) is 13.1. The fourth-order valence-electron chi connectivity index (χ4n) is 3.11. The van der Waals surface area contributed by atoms with E-state index in [0.717, 1.165) is 28.1 Å². The lowest BCUT2D eigenvalue weighted by molar-refractivity contribution is -0.134. The van der Waals surface area contributed by atoms with Gasteiger partial charge in [0, 0.05) is 19.5 Å². The van der Waals surface area contributed by atoms with E-state index < -0.39 is 6.04 Å². The third kappa shape index (κ3) is 3.87. The van der Waals surface area contributed by atoms with E-state index in [1.807, 2.05) is 29.2 Å². The maximum absolute atomic E-state index is 12.5. The summed E-state index contributed by atoms with van der Waals surface area (Å²) < 4.78 is 13.5. The first-order chi connectivity index (χ1) is 11.2. The van der Waals surface area contributed by atoms with E-state index in [2.05, 4.69) is 4.98 Å². The Morgan fingerprint density at radius 2 is 2.13 bits per heavy atom. The molecule has 124 valence electrons. The number of piperidine rings is 1. The molecule has 1 saturated heterocycles. The van der Waals surface area contributed by atoms with Crippen LogP contribution >= 0.6 is 11.3 Å². The highest BCUT2D eigenvalue weighted by atomic mass is 32.1. The van der Waals surface area contributed by atoms with Gasteiger partial charge < -0.3 is 10.6 Å². The SMILES string of the molecule is N[C@@H](Cc1nc2ccccc2s1)C(=O)N1CCC(CCF)CC1. The van der Waals surface area contributed by atoms with Crippen LogP contribution < -0.4 is 5.73 Å². The molecular weight excluding hydrogens is 313 g/mol. The number of hydrogen-bond donors (Lipinski definition) is 1. The molecule has 0 unspecified atom stereocenters. The number of nitrogens with two attached hydrogens (primary N) is 1. The second kappa shape index (κ2) is 7.36. The Hall–Kier alpha value is -1.53. The molecule has 1 aliphatic heterocycles. The van der Waals surface area contributed by atoms with Crippen molar-refractivity contribution in [3.63, 3.8) is 0 Å². The van der Waals surface area contributed by atoms with Crippen molar-refractivity contribution in [2.24, 2.45) is 11.7 Å². The minimum absolute atomic E-state index is 0.0112. The molecule has 2 aromatic rings. The Bertz CT molecular complexity index is 634. The molecule has 23 heavy (non-hydrogen) atoms. The number of aromatic nitrogens is 1. The minimum atomic E-state index is -0.548. The Kier molecular flexibility index (Phi) is 5.23. The van der Waals surface area contributed by atoms with Gasteiger partial charge in [0.25, 0.3) is 0 Å². The molecular formula is C17H22FN3OS. The number of carbonyl (C=O) groups excluding carboxylic acids is 1. The normalized spacial score (nSPS) is 17.6. The van der Waals surface area contributed by atoms with Crippen LogP contribution in [-0.2, 0) is 11.2 Å². The van der Waals surface area contributed by atoms with Crippen molar-refractivity contribution in [1.82, 2.24) is 9.88 Å². The summed E-state index contributed by atoms with van der Waals surface area (Å²) in [6.07, 6.45) is 2.84. The first kappa shape index (κ1) is 16.3. The van der Waals surface area contributed by atoms with Crippen molar-refractivity contribution in [2.45, 2.75) is 31.7 Å². The fraction of sp³-hybridized carbons (Fsp3) is 0.529. The molecule has 6 heteroatoms. The molecule has 0 aliphatic carbocycles. The number of rotatable bonds is 5. The largest absolute Gasteiger partial charge is 0.341 e. The van der Waals surface area contributed by atoms with Gasteiger partial charge in [-0.1, -0.05) is 12.1 Å². The molecule has 3 rings (SSSR count). The number of thiazole rings is 1. The number of para-hydroxylation sites is 1. The lowest BCUT2D eigenvalue weighted by atomic mass is 9.93. The van der Waals surface area contributed by atoms with Crippen LogP contribution in [0.3, 0.4) is 0 Å². The third-order valence-corrected chi connectivity index (χ3v) is 5.55. The predicted octanol–water partition coefficient (Wildman–Crippen LogP) is 2.76. The number of alkyl halides is 1. The summed E-state index contributed by atoms with van der Waals surface area (Å²) >= 11 is 1.59. The maximum Gasteiger partial charge on any atom is 0.239 e. The maximum atomic E-state index is 12.5. The summed E-state index contributed by atoms with van der Waals surface area (Å²) in [5.41, 5.74) is 7.07. The quantitative estimate of drug-likeness (QED) is 0.914. The predicted molar refractivity (Wildman–Crippen MR) is 91.2 cm³/mol. The van der Waals surface area contributed by atoms with Crippen molar-refractivity contribution in [1.29, 1.82) is 0 Å². The first-order valence-electron chi connectivity index (χ1n) is 8.12. The van der Waals surface area contributed by atoms with Crippen LogP contribution in [0.4, 0.5) is 4.39 Å². The molecule has 2 heterocycles. The van der Waals surface area contributed by atoms with Crippen LogP contribution in [0.25, 0.3) is 10.2 Å². The standard InChI is InChI=1S/C17H22FN3OS/c18-8-5-12-6-9-21(10-7-12)17(22)13(19)11-16-20-14-3-1-2-4-15(14)23-16/h1-4,12-13H,5-11,19H2/t13-/m0/s1. The molecule has 0 saturated carbocycles. The second-order valence-electron chi connectivity index (χ2n) is 6.13. The van der Waals surface area contributed by atoms with Gasteiger partial charge in [0.15, 0.2) is 0 Å². The zero-order chi connectivity index (χ0) is 16.2. The van der Waals surface area contributed by atoms with Crippen molar-refractivity contribution < 1.29 is 9.18 Å². The van der Waals surface area contributed by atoms with Gasteiger partial charge in [-0.25, -0.2) is 4.98 Å². The highest BCUT2D eigenvalue weighted by Crippen LogP contribution is 2.24. The van der Waals surface area contributed by atoms with Gasteiger partial charge >= 0.3 is 0 Å². The summed E-state index contributed by atoms with van der Waals surface area (Å²) in [5.74, 6) is 0.396. The molecule has 1 atom stereocenters. The molecule has 0 bridgehead atoms.